The second-order valence-corrected chi connectivity index (χ2v) is 5.72. The molecule has 0 aliphatic heterocycles. The van der Waals surface area contributed by atoms with E-state index < -0.39 is 0 Å². The zero-order valence-corrected chi connectivity index (χ0v) is 11.8. The molecule has 1 N–H and O–H groups in total. The van der Waals surface area contributed by atoms with Crippen molar-refractivity contribution in [2.75, 3.05) is 5.32 Å². The van der Waals surface area contributed by atoms with Crippen molar-refractivity contribution in [2.24, 2.45) is 11.8 Å². The maximum absolute atomic E-state index is 9.03. The highest BCUT2D eigenvalue weighted by Gasteiger charge is 2.21. The van der Waals surface area contributed by atoms with E-state index in [1.165, 1.54) is 19.3 Å². The molecule has 2 atom stereocenters. The molecular formula is C15H22N4. The van der Waals surface area contributed by atoms with E-state index in [-0.39, 0.29) is 0 Å². The molecule has 1 fully saturated rings. The molecule has 1 aromatic rings. The van der Waals surface area contributed by atoms with E-state index in [2.05, 4.69) is 35.2 Å². The van der Waals surface area contributed by atoms with Gasteiger partial charge in [-0.15, -0.1) is 0 Å². The van der Waals surface area contributed by atoms with Gasteiger partial charge in [0.15, 0.2) is 11.5 Å². The Balaban J connectivity index is 1.98. The van der Waals surface area contributed by atoms with Crippen molar-refractivity contribution in [1.82, 2.24) is 9.97 Å². The lowest BCUT2D eigenvalue weighted by molar-refractivity contribution is 0.341. The van der Waals surface area contributed by atoms with Gasteiger partial charge in [0, 0.05) is 18.4 Å². The fourth-order valence-corrected chi connectivity index (χ4v) is 2.86. The Morgan fingerprint density at radius 3 is 2.74 bits per heavy atom. The third-order valence-corrected chi connectivity index (χ3v) is 4.10. The van der Waals surface area contributed by atoms with Crippen LogP contribution in [0.4, 0.5) is 5.82 Å². The first-order chi connectivity index (χ1) is 9.20. The molecule has 1 aliphatic carbocycles. The van der Waals surface area contributed by atoms with E-state index in [9.17, 15) is 0 Å². The van der Waals surface area contributed by atoms with Crippen LogP contribution in [0.5, 0.6) is 0 Å². The zero-order valence-electron chi connectivity index (χ0n) is 11.8. The molecule has 2 rings (SSSR count). The Bertz CT molecular complexity index is 450. The van der Waals surface area contributed by atoms with Crippen LogP contribution < -0.4 is 5.32 Å². The number of nitrogens with one attached hydrogen (secondary N) is 1. The molecule has 4 heteroatoms. The van der Waals surface area contributed by atoms with Crippen LogP contribution in [0.25, 0.3) is 0 Å². The van der Waals surface area contributed by atoms with E-state index in [4.69, 9.17) is 5.26 Å². The lowest BCUT2D eigenvalue weighted by Gasteiger charge is -2.19. The van der Waals surface area contributed by atoms with Gasteiger partial charge in [-0.05, 0) is 31.1 Å². The standard InChI is InChI=1S/C15H22N4/c1-11(2)12-4-3-5-13(7-6-12)19-15-14(10-16)17-8-9-18-15/h8-9,11-13H,3-7H2,1-2H3,(H,18,19). The lowest BCUT2D eigenvalue weighted by Crippen LogP contribution is -2.20. The zero-order chi connectivity index (χ0) is 13.7. The predicted molar refractivity (Wildman–Crippen MR) is 75.6 cm³/mol. The van der Waals surface area contributed by atoms with Crippen LogP contribution in [-0.4, -0.2) is 16.0 Å². The van der Waals surface area contributed by atoms with Crippen molar-refractivity contribution < 1.29 is 0 Å². The van der Waals surface area contributed by atoms with Gasteiger partial charge in [0.05, 0.1) is 0 Å². The highest BCUT2D eigenvalue weighted by atomic mass is 15.0. The van der Waals surface area contributed by atoms with Gasteiger partial charge in [-0.3, -0.25) is 0 Å². The fraction of sp³-hybridized carbons (Fsp3) is 0.667. The Morgan fingerprint density at radius 1 is 1.21 bits per heavy atom. The number of nitriles is 1. The number of nitrogens with zero attached hydrogens (tertiary/aromatic N) is 3. The van der Waals surface area contributed by atoms with Crippen molar-refractivity contribution in [3.8, 4) is 6.07 Å². The van der Waals surface area contributed by atoms with Crippen molar-refractivity contribution in [1.29, 1.82) is 5.26 Å². The van der Waals surface area contributed by atoms with Gasteiger partial charge in [-0.25, -0.2) is 9.97 Å². The number of rotatable bonds is 3. The van der Waals surface area contributed by atoms with Gasteiger partial charge in [-0.1, -0.05) is 26.7 Å². The Kier molecular flexibility index (Phi) is 4.73. The normalized spacial score (nSPS) is 23.7. The number of hydrogen-bond acceptors (Lipinski definition) is 4. The minimum Gasteiger partial charge on any atom is -0.365 e. The average Bonchev–Trinajstić information content (AvgIpc) is 2.65. The summed E-state index contributed by atoms with van der Waals surface area (Å²) in [5.74, 6) is 2.24. The average molecular weight is 258 g/mol. The van der Waals surface area contributed by atoms with Crippen molar-refractivity contribution >= 4 is 5.82 Å². The van der Waals surface area contributed by atoms with Crippen LogP contribution >= 0.6 is 0 Å². The number of anilines is 1. The van der Waals surface area contributed by atoms with Gasteiger partial charge < -0.3 is 5.32 Å². The quantitative estimate of drug-likeness (QED) is 0.844. The molecule has 4 nitrogen and oxygen atoms in total. The van der Waals surface area contributed by atoms with Gasteiger partial charge in [0.1, 0.15) is 6.07 Å². The summed E-state index contributed by atoms with van der Waals surface area (Å²) in [7, 11) is 0. The Hall–Kier alpha value is -1.63. The van der Waals surface area contributed by atoms with Crippen molar-refractivity contribution in [3.05, 3.63) is 18.1 Å². The fourth-order valence-electron chi connectivity index (χ4n) is 2.86. The number of aromatic nitrogens is 2. The van der Waals surface area contributed by atoms with Gasteiger partial charge >= 0.3 is 0 Å². The van der Waals surface area contributed by atoms with Crippen LogP contribution in [0.3, 0.4) is 0 Å². The molecule has 0 aromatic carbocycles. The highest BCUT2D eigenvalue weighted by Crippen LogP contribution is 2.30. The van der Waals surface area contributed by atoms with Crippen LogP contribution in [-0.2, 0) is 0 Å². The summed E-state index contributed by atoms with van der Waals surface area (Å²) >= 11 is 0. The minimum absolute atomic E-state index is 0.396. The van der Waals surface area contributed by atoms with E-state index in [0.717, 1.165) is 24.7 Å². The molecule has 1 heterocycles. The molecule has 1 saturated carbocycles. The smallest absolute Gasteiger partial charge is 0.182 e. The maximum Gasteiger partial charge on any atom is 0.182 e. The first-order valence-electron chi connectivity index (χ1n) is 7.18. The third kappa shape index (κ3) is 3.66. The van der Waals surface area contributed by atoms with E-state index in [0.29, 0.717) is 17.6 Å². The summed E-state index contributed by atoms with van der Waals surface area (Å²) < 4.78 is 0. The Morgan fingerprint density at radius 2 is 2.00 bits per heavy atom. The highest BCUT2D eigenvalue weighted by molar-refractivity contribution is 5.47. The van der Waals surface area contributed by atoms with Crippen molar-refractivity contribution in [2.45, 2.75) is 52.0 Å². The molecule has 19 heavy (non-hydrogen) atoms. The molecule has 0 spiro atoms. The van der Waals surface area contributed by atoms with Crippen LogP contribution in [0.15, 0.2) is 12.4 Å². The second kappa shape index (κ2) is 6.51. The van der Waals surface area contributed by atoms with E-state index >= 15 is 0 Å². The van der Waals surface area contributed by atoms with E-state index in [1.54, 1.807) is 12.4 Å². The van der Waals surface area contributed by atoms with Crippen LogP contribution in [0.2, 0.25) is 0 Å². The minimum atomic E-state index is 0.396. The monoisotopic (exact) mass is 258 g/mol. The molecule has 2 unspecified atom stereocenters. The molecule has 1 aromatic heterocycles. The number of hydrogen-bond donors (Lipinski definition) is 1. The van der Waals surface area contributed by atoms with Crippen LogP contribution in [0, 0.1) is 23.2 Å². The molecular weight excluding hydrogens is 236 g/mol. The summed E-state index contributed by atoms with van der Waals surface area (Å²) in [5.41, 5.74) is 0.396. The molecule has 0 radical (unpaired) electrons. The summed E-state index contributed by atoms with van der Waals surface area (Å²) in [5, 5.41) is 12.4. The van der Waals surface area contributed by atoms with Gasteiger partial charge in [0.2, 0.25) is 0 Å². The first-order valence-corrected chi connectivity index (χ1v) is 7.18. The van der Waals surface area contributed by atoms with Crippen molar-refractivity contribution in [3.63, 3.8) is 0 Å². The predicted octanol–water partition coefficient (Wildman–Crippen LogP) is 3.37. The molecule has 0 amide bonds. The summed E-state index contributed by atoms with van der Waals surface area (Å²) in [6.07, 6.45) is 9.35. The molecule has 1 aliphatic rings. The topological polar surface area (TPSA) is 61.6 Å². The van der Waals surface area contributed by atoms with Gasteiger partial charge in [-0.2, -0.15) is 5.26 Å². The van der Waals surface area contributed by atoms with Gasteiger partial charge in [0.25, 0.3) is 0 Å². The largest absolute Gasteiger partial charge is 0.365 e. The lowest BCUT2D eigenvalue weighted by atomic mass is 9.89. The molecule has 0 saturated heterocycles. The molecule has 102 valence electrons. The Labute approximate surface area is 115 Å². The first kappa shape index (κ1) is 13.8. The summed E-state index contributed by atoms with van der Waals surface area (Å²) in [6.45, 7) is 4.63. The maximum atomic E-state index is 9.03. The second-order valence-electron chi connectivity index (χ2n) is 5.72. The van der Waals surface area contributed by atoms with Crippen LogP contribution in [0.1, 0.15) is 51.6 Å². The summed E-state index contributed by atoms with van der Waals surface area (Å²) in [4.78, 5) is 8.28. The third-order valence-electron chi connectivity index (χ3n) is 4.10. The SMILES string of the molecule is CC(C)C1CCCC(Nc2nccnc2C#N)CC1. The van der Waals surface area contributed by atoms with E-state index in [1.807, 2.05) is 0 Å². The molecule has 0 bridgehead atoms. The summed E-state index contributed by atoms with van der Waals surface area (Å²) in [6, 6.07) is 2.52.